The quantitative estimate of drug-likeness (QED) is 0.943. The number of carbonyl (C=O) groups excluding carboxylic acids is 1. The van der Waals surface area contributed by atoms with E-state index in [9.17, 15) is 4.79 Å². The Balaban J connectivity index is 1.30. The van der Waals surface area contributed by atoms with Crippen molar-refractivity contribution >= 4 is 5.91 Å². The largest absolute Gasteiger partial charge is 0.493 e. The second-order valence-electron chi connectivity index (χ2n) is 6.44. The lowest BCUT2D eigenvalue weighted by atomic mass is 9.87. The first-order valence-electron chi connectivity index (χ1n) is 8.30. The fourth-order valence-corrected chi connectivity index (χ4v) is 3.50. The van der Waals surface area contributed by atoms with Gasteiger partial charge in [0.05, 0.1) is 24.5 Å². The van der Waals surface area contributed by atoms with Gasteiger partial charge in [0, 0.05) is 24.7 Å². The number of benzene rings is 1. The van der Waals surface area contributed by atoms with Crippen LogP contribution < -0.4 is 4.74 Å². The number of aromatic amines is 1. The van der Waals surface area contributed by atoms with Crippen molar-refractivity contribution in [1.29, 1.82) is 0 Å². The molecule has 1 atom stereocenters. The first kappa shape index (κ1) is 14.3. The van der Waals surface area contributed by atoms with Crippen LogP contribution in [-0.2, 0) is 11.2 Å². The number of nitrogens with one attached hydrogen (secondary N) is 1. The summed E-state index contributed by atoms with van der Waals surface area (Å²) in [4.78, 5) is 22.2. The Labute approximate surface area is 135 Å². The molecule has 23 heavy (non-hydrogen) atoms. The van der Waals surface area contributed by atoms with E-state index in [-0.39, 0.29) is 11.8 Å². The van der Waals surface area contributed by atoms with E-state index < -0.39 is 0 Å². The number of imidazole rings is 1. The predicted molar refractivity (Wildman–Crippen MR) is 86.3 cm³/mol. The number of H-pyrrole nitrogens is 1. The number of aryl methyl sites for hydroxylation is 1. The van der Waals surface area contributed by atoms with Crippen LogP contribution in [0.15, 0.2) is 36.7 Å². The summed E-state index contributed by atoms with van der Waals surface area (Å²) in [5.74, 6) is 1.50. The van der Waals surface area contributed by atoms with Crippen molar-refractivity contribution in [1.82, 2.24) is 14.9 Å². The molecule has 0 bridgehead atoms. The molecule has 1 N–H and O–H groups in total. The standard InChI is InChI=1S/C18H21N3O2/c22-18(15-7-4-8-16-17(15)20-12-19-16)21-9-13(10-21)11-23-14-5-2-1-3-6-14/h1-3,5-6,12-13,15H,4,7-11H2,(H,19,20). The third-order valence-electron chi connectivity index (χ3n) is 4.80. The molecule has 5 heteroatoms. The average Bonchev–Trinajstić information content (AvgIpc) is 3.02. The molecule has 2 aromatic rings. The van der Waals surface area contributed by atoms with Crippen molar-refractivity contribution < 1.29 is 9.53 Å². The third kappa shape index (κ3) is 2.83. The van der Waals surface area contributed by atoms with Gasteiger partial charge in [-0.3, -0.25) is 4.79 Å². The Morgan fingerprint density at radius 1 is 1.30 bits per heavy atom. The molecule has 1 saturated heterocycles. The van der Waals surface area contributed by atoms with Gasteiger partial charge in [-0.15, -0.1) is 0 Å². The molecule has 1 aliphatic carbocycles. The fraction of sp³-hybridized carbons (Fsp3) is 0.444. The molecule has 120 valence electrons. The smallest absolute Gasteiger partial charge is 0.231 e. The topological polar surface area (TPSA) is 58.2 Å². The number of ether oxygens (including phenoxy) is 1. The Kier molecular flexibility index (Phi) is 3.77. The molecule has 1 aromatic heterocycles. The number of carbonyl (C=O) groups is 1. The van der Waals surface area contributed by atoms with Crippen LogP contribution in [0.1, 0.15) is 30.1 Å². The lowest BCUT2D eigenvalue weighted by Gasteiger charge is -2.41. The lowest BCUT2D eigenvalue weighted by Crippen LogP contribution is -2.53. The number of likely N-dealkylation sites (tertiary alicyclic amines) is 1. The van der Waals surface area contributed by atoms with Crippen LogP contribution in [0.3, 0.4) is 0 Å². The van der Waals surface area contributed by atoms with Gasteiger partial charge in [0.15, 0.2) is 0 Å². The zero-order valence-electron chi connectivity index (χ0n) is 13.1. The monoisotopic (exact) mass is 311 g/mol. The second kappa shape index (κ2) is 6.07. The minimum Gasteiger partial charge on any atom is -0.493 e. The minimum atomic E-state index is -0.0546. The maximum atomic E-state index is 12.7. The summed E-state index contributed by atoms with van der Waals surface area (Å²) in [6.45, 7) is 2.26. The van der Waals surface area contributed by atoms with Crippen molar-refractivity contribution in [2.75, 3.05) is 19.7 Å². The zero-order valence-corrected chi connectivity index (χ0v) is 13.1. The number of hydrogen-bond donors (Lipinski definition) is 1. The predicted octanol–water partition coefficient (Wildman–Crippen LogP) is 2.37. The van der Waals surface area contributed by atoms with E-state index in [4.69, 9.17) is 4.74 Å². The van der Waals surface area contributed by atoms with Gasteiger partial charge in [-0.25, -0.2) is 4.98 Å². The number of rotatable bonds is 4. The second-order valence-corrected chi connectivity index (χ2v) is 6.44. The van der Waals surface area contributed by atoms with Gasteiger partial charge in [0.2, 0.25) is 5.91 Å². The van der Waals surface area contributed by atoms with Crippen LogP contribution in [0.2, 0.25) is 0 Å². The number of aromatic nitrogens is 2. The Hall–Kier alpha value is -2.30. The van der Waals surface area contributed by atoms with E-state index >= 15 is 0 Å². The number of nitrogens with zero attached hydrogens (tertiary/aromatic N) is 2. The molecule has 0 saturated carbocycles. The van der Waals surface area contributed by atoms with E-state index in [1.54, 1.807) is 6.33 Å². The SMILES string of the molecule is O=C(C1CCCc2[nH]cnc21)N1CC(COc2ccccc2)C1. The number of fused-ring (bicyclic) bond motifs is 1. The normalized spacial score (nSPS) is 20.7. The first-order chi connectivity index (χ1) is 11.3. The summed E-state index contributed by atoms with van der Waals surface area (Å²) in [5.41, 5.74) is 2.10. The highest BCUT2D eigenvalue weighted by Crippen LogP contribution is 2.32. The van der Waals surface area contributed by atoms with Crippen LogP contribution in [0, 0.1) is 5.92 Å². The Bertz CT molecular complexity index is 677. The maximum Gasteiger partial charge on any atom is 0.231 e. The molecule has 0 radical (unpaired) electrons. The van der Waals surface area contributed by atoms with Crippen LogP contribution in [0.25, 0.3) is 0 Å². The highest BCUT2D eigenvalue weighted by atomic mass is 16.5. The highest BCUT2D eigenvalue weighted by Gasteiger charge is 2.37. The average molecular weight is 311 g/mol. The highest BCUT2D eigenvalue weighted by molar-refractivity contribution is 5.84. The third-order valence-corrected chi connectivity index (χ3v) is 4.80. The van der Waals surface area contributed by atoms with E-state index in [2.05, 4.69) is 9.97 Å². The summed E-state index contributed by atoms with van der Waals surface area (Å²) in [5, 5.41) is 0. The van der Waals surface area contributed by atoms with Gasteiger partial charge in [0.25, 0.3) is 0 Å². The number of amides is 1. The van der Waals surface area contributed by atoms with Gasteiger partial charge in [-0.05, 0) is 31.4 Å². The van der Waals surface area contributed by atoms with E-state index in [1.165, 1.54) is 0 Å². The van der Waals surface area contributed by atoms with Crippen molar-refractivity contribution in [2.45, 2.75) is 25.2 Å². The molecule has 0 spiro atoms. The van der Waals surface area contributed by atoms with Crippen molar-refractivity contribution in [3.05, 3.63) is 48.0 Å². The molecule has 2 aliphatic rings. The van der Waals surface area contributed by atoms with Crippen LogP contribution in [-0.4, -0.2) is 40.5 Å². The van der Waals surface area contributed by atoms with Gasteiger partial charge in [0.1, 0.15) is 5.75 Å². The van der Waals surface area contributed by atoms with Gasteiger partial charge in [-0.2, -0.15) is 0 Å². The lowest BCUT2D eigenvalue weighted by molar-refractivity contribution is -0.140. The molecule has 2 heterocycles. The van der Waals surface area contributed by atoms with Crippen LogP contribution in [0.5, 0.6) is 5.75 Å². The Morgan fingerprint density at radius 3 is 2.96 bits per heavy atom. The summed E-state index contributed by atoms with van der Waals surface area (Å²) >= 11 is 0. The van der Waals surface area contributed by atoms with Gasteiger partial charge < -0.3 is 14.6 Å². The first-order valence-corrected chi connectivity index (χ1v) is 8.30. The van der Waals surface area contributed by atoms with Crippen molar-refractivity contribution in [3.63, 3.8) is 0 Å². The summed E-state index contributed by atoms with van der Waals surface area (Å²) < 4.78 is 5.77. The minimum absolute atomic E-state index is 0.0546. The van der Waals surface area contributed by atoms with Crippen LogP contribution in [0.4, 0.5) is 0 Å². The van der Waals surface area contributed by atoms with E-state index in [0.29, 0.717) is 12.5 Å². The van der Waals surface area contributed by atoms with Crippen molar-refractivity contribution in [3.8, 4) is 5.75 Å². The summed E-state index contributed by atoms with van der Waals surface area (Å²) in [6.07, 6.45) is 4.69. The molecular formula is C18H21N3O2. The molecule has 5 nitrogen and oxygen atoms in total. The number of para-hydroxylation sites is 1. The van der Waals surface area contributed by atoms with E-state index in [0.717, 1.165) is 49.5 Å². The van der Waals surface area contributed by atoms with Crippen molar-refractivity contribution in [2.24, 2.45) is 5.92 Å². The fourth-order valence-electron chi connectivity index (χ4n) is 3.50. The Morgan fingerprint density at radius 2 is 2.13 bits per heavy atom. The summed E-state index contributed by atoms with van der Waals surface area (Å²) in [7, 11) is 0. The van der Waals surface area contributed by atoms with Crippen LogP contribution >= 0.6 is 0 Å². The molecule has 1 aromatic carbocycles. The zero-order chi connectivity index (χ0) is 15.6. The number of hydrogen-bond acceptors (Lipinski definition) is 3. The molecule has 1 aliphatic heterocycles. The summed E-state index contributed by atoms with van der Waals surface area (Å²) in [6, 6.07) is 9.84. The molecule has 4 rings (SSSR count). The maximum absolute atomic E-state index is 12.7. The molecule has 1 amide bonds. The molecular weight excluding hydrogens is 290 g/mol. The van der Waals surface area contributed by atoms with Gasteiger partial charge in [-0.1, -0.05) is 18.2 Å². The van der Waals surface area contributed by atoms with E-state index in [1.807, 2.05) is 35.2 Å². The van der Waals surface area contributed by atoms with Gasteiger partial charge >= 0.3 is 0 Å². The molecule has 1 unspecified atom stereocenters. The molecule has 1 fully saturated rings.